The number of esters is 4. The highest BCUT2D eigenvalue weighted by Gasteiger charge is 2.55. The van der Waals surface area contributed by atoms with Gasteiger partial charge in [0.25, 0.3) is 0 Å². The number of benzene rings is 2. The standard InChI is InChI=1S/C35H28O12/c36-26(20-7-11-24(12-8-20)46-32(38)28-3-1-15-42-28)18-44-34(40)30-22-5-6-23(17-22)31(30)35(41)45-19-27(37)21-9-13-25(14-10-21)47-33(39)29-4-2-16-43-29/h1-4,7-16,22-23,30-31H,5-6,17-19H2/t22-,23+,30-,31-/m0/s1. The number of carbonyl (C=O) groups is 6. The van der Waals surface area contributed by atoms with E-state index in [1.54, 1.807) is 12.1 Å². The normalized spacial score (nSPS) is 19.5. The summed E-state index contributed by atoms with van der Waals surface area (Å²) in [5, 5.41) is 0. The summed E-state index contributed by atoms with van der Waals surface area (Å²) in [7, 11) is 0. The Labute approximate surface area is 267 Å². The maximum atomic E-state index is 13.2. The average molecular weight is 641 g/mol. The van der Waals surface area contributed by atoms with Crippen molar-refractivity contribution in [2.45, 2.75) is 19.3 Å². The molecule has 0 saturated heterocycles. The summed E-state index contributed by atoms with van der Waals surface area (Å²) in [4.78, 5) is 75.9. The van der Waals surface area contributed by atoms with Crippen LogP contribution < -0.4 is 9.47 Å². The van der Waals surface area contributed by atoms with Crippen LogP contribution in [0.1, 0.15) is 61.1 Å². The summed E-state index contributed by atoms with van der Waals surface area (Å²) in [6.07, 6.45) is 4.83. The van der Waals surface area contributed by atoms with E-state index in [0.29, 0.717) is 6.42 Å². The third-order valence-electron chi connectivity index (χ3n) is 8.37. The molecule has 4 atom stereocenters. The highest BCUT2D eigenvalue weighted by Crippen LogP contribution is 2.53. The molecule has 47 heavy (non-hydrogen) atoms. The van der Waals surface area contributed by atoms with E-state index in [0.717, 1.165) is 12.8 Å². The van der Waals surface area contributed by atoms with Crippen LogP contribution in [0.15, 0.2) is 94.2 Å². The van der Waals surface area contributed by atoms with Crippen molar-refractivity contribution < 1.29 is 56.5 Å². The molecular weight excluding hydrogens is 612 g/mol. The van der Waals surface area contributed by atoms with Gasteiger partial charge in [0.15, 0.2) is 24.8 Å². The van der Waals surface area contributed by atoms with Crippen LogP contribution in [0.5, 0.6) is 11.5 Å². The van der Waals surface area contributed by atoms with Crippen LogP contribution >= 0.6 is 0 Å². The first kappa shape index (κ1) is 31.2. The van der Waals surface area contributed by atoms with Gasteiger partial charge < -0.3 is 27.8 Å². The molecule has 2 saturated carbocycles. The number of furan rings is 2. The van der Waals surface area contributed by atoms with Crippen LogP contribution in [-0.2, 0) is 19.1 Å². The van der Waals surface area contributed by atoms with E-state index in [9.17, 15) is 28.8 Å². The fourth-order valence-electron chi connectivity index (χ4n) is 6.12. The van der Waals surface area contributed by atoms with E-state index in [-0.39, 0.29) is 46.0 Å². The zero-order chi connectivity index (χ0) is 32.9. The van der Waals surface area contributed by atoms with E-state index in [4.69, 9.17) is 27.8 Å². The lowest BCUT2D eigenvalue weighted by molar-refractivity contribution is -0.162. The Bertz CT molecular complexity index is 1640. The van der Waals surface area contributed by atoms with E-state index in [2.05, 4.69) is 0 Å². The second-order valence-electron chi connectivity index (χ2n) is 11.2. The van der Waals surface area contributed by atoms with Crippen LogP contribution in [0.4, 0.5) is 0 Å². The first-order valence-corrected chi connectivity index (χ1v) is 14.9. The summed E-state index contributed by atoms with van der Waals surface area (Å²) < 4.78 is 31.1. The number of hydrogen-bond donors (Lipinski definition) is 0. The summed E-state index contributed by atoms with van der Waals surface area (Å²) >= 11 is 0. The molecule has 6 rings (SSSR count). The third kappa shape index (κ3) is 7.06. The van der Waals surface area contributed by atoms with Gasteiger partial charge >= 0.3 is 23.9 Å². The van der Waals surface area contributed by atoms with Crippen LogP contribution in [-0.4, -0.2) is 48.7 Å². The number of hydrogen-bond acceptors (Lipinski definition) is 12. The molecule has 0 N–H and O–H groups in total. The molecular formula is C35H28O12. The molecule has 0 amide bonds. The molecule has 4 aromatic rings. The zero-order valence-corrected chi connectivity index (χ0v) is 24.8. The number of ether oxygens (including phenoxy) is 4. The molecule has 0 radical (unpaired) electrons. The molecule has 0 unspecified atom stereocenters. The lowest BCUT2D eigenvalue weighted by Gasteiger charge is -2.27. The summed E-state index contributed by atoms with van der Waals surface area (Å²) in [6, 6.07) is 17.5. The molecule has 12 nitrogen and oxygen atoms in total. The van der Waals surface area contributed by atoms with Crippen molar-refractivity contribution >= 4 is 35.4 Å². The Morgan fingerprint density at radius 2 is 0.979 bits per heavy atom. The molecule has 2 fully saturated rings. The molecule has 2 aromatic carbocycles. The van der Waals surface area contributed by atoms with Crippen molar-refractivity contribution in [1.29, 1.82) is 0 Å². The highest BCUT2D eigenvalue weighted by molar-refractivity contribution is 5.99. The van der Waals surface area contributed by atoms with Crippen molar-refractivity contribution in [2.75, 3.05) is 13.2 Å². The van der Waals surface area contributed by atoms with Crippen molar-refractivity contribution in [3.63, 3.8) is 0 Å². The van der Waals surface area contributed by atoms with Gasteiger partial charge in [-0.25, -0.2) is 9.59 Å². The molecule has 2 bridgehead atoms. The summed E-state index contributed by atoms with van der Waals surface area (Å²) in [6.45, 7) is -1.07. The quantitative estimate of drug-likeness (QED) is 0.114. The Kier molecular flexibility index (Phi) is 9.09. The minimum atomic E-state index is -0.782. The van der Waals surface area contributed by atoms with Crippen LogP contribution in [0, 0.1) is 23.7 Å². The lowest BCUT2D eigenvalue weighted by atomic mass is 9.79. The molecule has 2 heterocycles. The van der Waals surface area contributed by atoms with Gasteiger partial charge in [-0.15, -0.1) is 0 Å². The molecule has 0 spiro atoms. The first-order valence-electron chi connectivity index (χ1n) is 14.9. The van der Waals surface area contributed by atoms with Gasteiger partial charge in [-0.1, -0.05) is 0 Å². The average Bonchev–Trinajstić information content (AvgIpc) is 3.92. The van der Waals surface area contributed by atoms with E-state index >= 15 is 0 Å². The van der Waals surface area contributed by atoms with E-state index in [1.807, 2.05) is 0 Å². The number of rotatable bonds is 12. The maximum Gasteiger partial charge on any atom is 0.379 e. The molecule has 2 aliphatic carbocycles. The van der Waals surface area contributed by atoms with E-state index in [1.165, 1.54) is 73.2 Å². The number of ketones is 2. The summed E-state index contributed by atoms with van der Waals surface area (Å²) in [5.41, 5.74) is 0.475. The third-order valence-corrected chi connectivity index (χ3v) is 8.37. The Balaban J connectivity index is 0.993. The fraction of sp³-hybridized carbons (Fsp3) is 0.257. The number of fused-ring (bicyclic) bond motifs is 2. The van der Waals surface area contributed by atoms with Gasteiger partial charge in [0.2, 0.25) is 11.5 Å². The largest absolute Gasteiger partial charge is 0.457 e. The SMILES string of the molecule is O=C(COC(=O)[C@H]1[C@@H]2CC[C@@H](C2)[C@@H]1C(=O)OCC(=O)c1ccc(OC(=O)c2ccco2)cc1)c1ccc(OC(=O)c2ccco2)cc1. The second-order valence-corrected chi connectivity index (χ2v) is 11.2. The Morgan fingerprint density at radius 3 is 1.34 bits per heavy atom. The first-order chi connectivity index (χ1) is 22.8. The minimum absolute atomic E-state index is 0.0320. The maximum absolute atomic E-state index is 13.2. The van der Waals surface area contributed by atoms with Gasteiger partial charge in [0.05, 0.1) is 24.4 Å². The predicted molar refractivity (Wildman–Crippen MR) is 159 cm³/mol. The Hall–Kier alpha value is -5.78. The number of carbonyl (C=O) groups excluding carboxylic acids is 6. The van der Waals surface area contributed by atoms with Crippen LogP contribution in [0.25, 0.3) is 0 Å². The zero-order valence-electron chi connectivity index (χ0n) is 24.8. The van der Waals surface area contributed by atoms with Crippen LogP contribution in [0.2, 0.25) is 0 Å². The van der Waals surface area contributed by atoms with Gasteiger partial charge in [-0.3, -0.25) is 19.2 Å². The van der Waals surface area contributed by atoms with Gasteiger partial charge in [0.1, 0.15) is 11.5 Å². The fourth-order valence-corrected chi connectivity index (χ4v) is 6.12. The van der Waals surface area contributed by atoms with Crippen molar-refractivity contribution in [3.8, 4) is 11.5 Å². The van der Waals surface area contributed by atoms with Gasteiger partial charge in [-0.2, -0.15) is 0 Å². The molecule has 2 aliphatic rings. The molecule has 2 aromatic heterocycles. The van der Waals surface area contributed by atoms with Crippen molar-refractivity contribution in [2.24, 2.45) is 23.7 Å². The Morgan fingerprint density at radius 1 is 0.574 bits per heavy atom. The van der Waals surface area contributed by atoms with Crippen molar-refractivity contribution in [1.82, 2.24) is 0 Å². The summed E-state index contributed by atoms with van der Waals surface area (Å²) in [5.74, 6) is -4.93. The molecule has 0 aliphatic heterocycles. The smallest absolute Gasteiger partial charge is 0.379 e. The lowest BCUT2D eigenvalue weighted by Crippen LogP contribution is -2.38. The van der Waals surface area contributed by atoms with Crippen LogP contribution in [0.3, 0.4) is 0 Å². The topological polar surface area (TPSA) is 166 Å². The predicted octanol–water partition coefficient (Wildman–Crippen LogP) is 5.13. The number of Topliss-reactive ketones (excluding diaryl/α,β-unsaturated/α-hetero) is 2. The van der Waals surface area contributed by atoms with E-state index < -0.39 is 60.5 Å². The molecule has 12 heteroatoms. The highest BCUT2D eigenvalue weighted by atomic mass is 16.6. The second kappa shape index (κ2) is 13.7. The van der Waals surface area contributed by atoms with Gasteiger partial charge in [0, 0.05) is 11.1 Å². The molecule has 240 valence electrons. The van der Waals surface area contributed by atoms with Gasteiger partial charge in [-0.05, 0) is 104 Å². The van der Waals surface area contributed by atoms with Crippen molar-refractivity contribution in [3.05, 3.63) is 108 Å². The minimum Gasteiger partial charge on any atom is -0.457 e. The monoisotopic (exact) mass is 640 g/mol.